The van der Waals surface area contributed by atoms with E-state index in [0.717, 1.165) is 36.7 Å². The largest absolute Gasteiger partial charge is 0.317 e. The third-order valence-corrected chi connectivity index (χ3v) is 3.07. The summed E-state index contributed by atoms with van der Waals surface area (Å²) in [5.41, 5.74) is 1.96. The van der Waals surface area contributed by atoms with Gasteiger partial charge in [-0.05, 0) is 45.2 Å². The Morgan fingerprint density at radius 2 is 2.00 bits per heavy atom. The molecule has 1 aliphatic rings. The molecule has 1 saturated heterocycles. The molecular weight excluding hydrogens is 178 g/mol. The van der Waals surface area contributed by atoms with Crippen molar-refractivity contribution in [2.24, 2.45) is 5.92 Å². The summed E-state index contributed by atoms with van der Waals surface area (Å²) in [6.07, 6.45) is 3.44. The van der Waals surface area contributed by atoms with Crippen LogP contribution in [0.4, 0.5) is 0 Å². The topological polar surface area (TPSA) is 60.7 Å². The Bertz CT molecular complexity index is 346. The van der Waals surface area contributed by atoms with Gasteiger partial charge in [0.05, 0.1) is 0 Å². The van der Waals surface area contributed by atoms with Gasteiger partial charge in [0.1, 0.15) is 0 Å². The highest BCUT2D eigenvalue weighted by Gasteiger charge is 2.16. The lowest BCUT2D eigenvalue weighted by Crippen LogP contribution is -2.28. The normalized spacial score (nSPS) is 18.6. The van der Waals surface area contributed by atoms with Crippen molar-refractivity contribution >= 4 is 0 Å². The minimum Gasteiger partial charge on any atom is -0.317 e. The Labute approximate surface area is 83.1 Å². The fraction of sp³-hybridized carbons (Fsp3) is 0.700. The van der Waals surface area contributed by atoms with Gasteiger partial charge in [-0.2, -0.15) is 0 Å². The molecule has 4 heteroatoms. The Hall–Kier alpha value is -1.03. The number of hydrogen-bond donors (Lipinski definition) is 3. The van der Waals surface area contributed by atoms with Crippen LogP contribution in [0.25, 0.3) is 0 Å². The average Bonchev–Trinajstić information content (AvgIpc) is 2.52. The van der Waals surface area contributed by atoms with Crippen LogP contribution in [0.3, 0.4) is 0 Å². The number of nitrogens with one attached hydrogen (secondary N) is 3. The first-order chi connectivity index (χ1) is 6.77. The number of hydrogen-bond acceptors (Lipinski definition) is 2. The zero-order valence-corrected chi connectivity index (χ0v) is 8.52. The van der Waals surface area contributed by atoms with E-state index in [4.69, 9.17) is 0 Å². The van der Waals surface area contributed by atoms with Crippen LogP contribution in [0.5, 0.6) is 0 Å². The van der Waals surface area contributed by atoms with Crippen LogP contribution in [-0.4, -0.2) is 23.3 Å². The highest BCUT2D eigenvalue weighted by molar-refractivity contribution is 5.14. The van der Waals surface area contributed by atoms with E-state index in [0.29, 0.717) is 0 Å². The third-order valence-electron chi connectivity index (χ3n) is 3.07. The van der Waals surface area contributed by atoms with Gasteiger partial charge in [-0.3, -0.25) is 9.89 Å². The number of aromatic amines is 2. The molecule has 0 unspecified atom stereocenters. The second kappa shape index (κ2) is 4.00. The molecule has 0 bridgehead atoms. The first kappa shape index (κ1) is 9.52. The molecule has 14 heavy (non-hydrogen) atoms. The van der Waals surface area contributed by atoms with E-state index in [1.165, 1.54) is 12.8 Å². The lowest BCUT2D eigenvalue weighted by Gasteiger charge is -2.21. The average molecular weight is 195 g/mol. The van der Waals surface area contributed by atoms with Gasteiger partial charge in [0, 0.05) is 11.3 Å². The second-order valence-corrected chi connectivity index (χ2v) is 4.08. The molecule has 0 atom stereocenters. The molecule has 1 aromatic rings. The summed E-state index contributed by atoms with van der Waals surface area (Å²) < 4.78 is 0. The van der Waals surface area contributed by atoms with Crippen molar-refractivity contribution in [2.45, 2.75) is 26.2 Å². The Morgan fingerprint density at radius 3 is 2.57 bits per heavy atom. The van der Waals surface area contributed by atoms with Gasteiger partial charge in [-0.1, -0.05) is 0 Å². The summed E-state index contributed by atoms with van der Waals surface area (Å²) in [7, 11) is 0. The maximum absolute atomic E-state index is 11.2. The van der Waals surface area contributed by atoms with Gasteiger partial charge in [0.25, 0.3) is 5.56 Å². The molecule has 0 saturated carbocycles. The smallest absolute Gasteiger partial charge is 0.267 e. The lowest BCUT2D eigenvalue weighted by molar-refractivity contribution is 0.369. The Kier molecular flexibility index (Phi) is 2.72. The van der Waals surface area contributed by atoms with Gasteiger partial charge in [-0.25, -0.2) is 0 Å². The molecule has 0 aliphatic carbocycles. The summed E-state index contributed by atoms with van der Waals surface area (Å²) >= 11 is 0. The van der Waals surface area contributed by atoms with Crippen molar-refractivity contribution in [3.05, 3.63) is 21.6 Å². The summed E-state index contributed by atoms with van der Waals surface area (Å²) in [5.74, 6) is 0.724. The highest BCUT2D eigenvalue weighted by atomic mass is 16.1. The first-order valence-electron chi connectivity index (χ1n) is 5.24. The maximum Gasteiger partial charge on any atom is 0.267 e. The van der Waals surface area contributed by atoms with Gasteiger partial charge in [0.15, 0.2) is 0 Å². The Balaban J connectivity index is 2.02. The minimum atomic E-state index is 0.0222. The minimum absolute atomic E-state index is 0.0222. The molecule has 0 amide bonds. The van der Waals surface area contributed by atoms with Gasteiger partial charge >= 0.3 is 0 Å². The fourth-order valence-corrected chi connectivity index (χ4v) is 2.04. The summed E-state index contributed by atoms with van der Waals surface area (Å²) in [4.78, 5) is 11.2. The van der Waals surface area contributed by atoms with Gasteiger partial charge in [0.2, 0.25) is 0 Å². The first-order valence-corrected chi connectivity index (χ1v) is 5.24. The van der Waals surface area contributed by atoms with Crippen LogP contribution < -0.4 is 10.9 Å². The number of rotatable bonds is 2. The van der Waals surface area contributed by atoms with Crippen LogP contribution >= 0.6 is 0 Å². The molecule has 0 spiro atoms. The van der Waals surface area contributed by atoms with E-state index < -0.39 is 0 Å². The van der Waals surface area contributed by atoms with Crippen molar-refractivity contribution in [3.63, 3.8) is 0 Å². The van der Waals surface area contributed by atoms with E-state index in [2.05, 4.69) is 15.5 Å². The van der Waals surface area contributed by atoms with Crippen LogP contribution in [0.2, 0.25) is 0 Å². The van der Waals surface area contributed by atoms with Gasteiger partial charge < -0.3 is 10.4 Å². The van der Waals surface area contributed by atoms with E-state index in [9.17, 15) is 4.79 Å². The molecule has 2 heterocycles. The summed E-state index contributed by atoms with van der Waals surface area (Å²) in [5, 5.41) is 8.93. The molecule has 1 fully saturated rings. The SMILES string of the molecule is Cc1c(CC2CCNCC2)[nH][nH]c1=O. The van der Waals surface area contributed by atoms with Crippen LogP contribution in [0, 0.1) is 12.8 Å². The molecule has 0 radical (unpaired) electrons. The van der Waals surface area contributed by atoms with Crippen LogP contribution in [0.1, 0.15) is 24.1 Å². The zero-order valence-electron chi connectivity index (χ0n) is 8.52. The van der Waals surface area contributed by atoms with Crippen LogP contribution in [-0.2, 0) is 6.42 Å². The van der Waals surface area contributed by atoms with Gasteiger partial charge in [-0.15, -0.1) is 0 Å². The molecule has 1 aliphatic heterocycles. The van der Waals surface area contributed by atoms with E-state index >= 15 is 0 Å². The molecule has 1 aromatic heterocycles. The van der Waals surface area contributed by atoms with Crippen molar-refractivity contribution < 1.29 is 0 Å². The molecule has 0 aromatic carbocycles. The summed E-state index contributed by atoms with van der Waals surface area (Å²) in [6, 6.07) is 0. The number of aromatic nitrogens is 2. The number of piperidine rings is 1. The molecular formula is C10H17N3O. The molecule has 4 nitrogen and oxygen atoms in total. The predicted octanol–water partition coefficient (Wildman–Crippen LogP) is 0.554. The molecule has 3 N–H and O–H groups in total. The van der Waals surface area contributed by atoms with E-state index in [1.807, 2.05) is 6.92 Å². The number of H-pyrrole nitrogens is 2. The summed E-state index contributed by atoms with van der Waals surface area (Å²) in [6.45, 7) is 4.10. The predicted molar refractivity (Wildman–Crippen MR) is 55.4 cm³/mol. The zero-order chi connectivity index (χ0) is 9.97. The quantitative estimate of drug-likeness (QED) is 0.645. The monoisotopic (exact) mass is 195 g/mol. The van der Waals surface area contributed by atoms with E-state index in [1.54, 1.807) is 0 Å². The van der Waals surface area contributed by atoms with Crippen molar-refractivity contribution in [3.8, 4) is 0 Å². The van der Waals surface area contributed by atoms with Crippen molar-refractivity contribution in [2.75, 3.05) is 13.1 Å². The van der Waals surface area contributed by atoms with Crippen molar-refractivity contribution in [1.29, 1.82) is 0 Å². The maximum atomic E-state index is 11.2. The molecule has 2 rings (SSSR count). The third kappa shape index (κ3) is 1.90. The second-order valence-electron chi connectivity index (χ2n) is 4.08. The molecule has 78 valence electrons. The van der Waals surface area contributed by atoms with Crippen molar-refractivity contribution in [1.82, 2.24) is 15.5 Å². The Morgan fingerprint density at radius 1 is 1.29 bits per heavy atom. The van der Waals surface area contributed by atoms with Crippen LogP contribution in [0.15, 0.2) is 4.79 Å². The standard InChI is InChI=1S/C10H17N3O/c1-7-9(12-13-10(7)14)6-8-2-4-11-5-3-8/h8,11H,2-6H2,1H3,(H2,12,13,14). The lowest BCUT2D eigenvalue weighted by atomic mass is 9.92. The highest BCUT2D eigenvalue weighted by Crippen LogP contribution is 2.17. The fourth-order valence-electron chi connectivity index (χ4n) is 2.04. The van der Waals surface area contributed by atoms with E-state index in [-0.39, 0.29) is 5.56 Å².